The SMILES string of the molecule is CCOC(=O)C1=C(C)OC(N)=C(C#N)C1c1ccc(OC)c(OCC2OCCO2)c1. The number of methoxy groups -OCH3 is 1. The van der Waals surface area contributed by atoms with Crippen molar-refractivity contribution in [2.75, 3.05) is 33.5 Å². The lowest BCUT2D eigenvalue weighted by atomic mass is 9.83. The molecule has 3 rings (SSSR count). The molecule has 2 N–H and O–H groups in total. The van der Waals surface area contributed by atoms with Crippen LogP contribution in [0, 0.1) is 11.3 Å². The van der Waals surface area contributed by atoms with E-state index < -0.39 is 18.2 Å². The lowest BCUT2D eigenvalue weighted by Crippen LogP contribution is -2.25. The normalized spacial score (nSPS) is 19.3. The molecule has 0 radical (unpaired) electrons. The molecule has 1 saturated heterocycles. The number of hydrogen-bond donors (Lipinski definition) is 1. The molecule has 0 bridgehead atoms. The molecule has 2 aliphatic rings. The van der Waals surface area contributed by atoms with Gasteiger partial charge in [0, 0.05) is 0 Å². The molecule has 30 heavy (non-hydrogen) atoms. The Morgan fingerprint density at radius 1 is 1.30 bits per heavy atom. The van der Waals surface area contributed by atoms with E-state index in [-0.39, 0.29) is 36.0 Å². The summed E-state index contributed by atoms with van der Waals surface area (Å²) in [7, 11) is 1.52. The maximum atomic E-state index is 12.6. The standard InChI is InChI=1S/C21H24N2O7/c1-4-26-21(24)18-12(2)30-20(23)14(10-22)19(18)13-5-6-15(25-3)16(9-13)29-11-17-27-7-8-28-17/h5-6,9,17,19H,4,7-8,11,23H2,1-3H3. The van der Waals surface area contributed by atoms with Crippen LogP contribution in [0.1, 0.15) is 25.3 Å². The number of carbonyl (C=O) groups is 1. The van der Waals surface area contributed by atoms with Gasteiger partial charge in [-0.15, -0.1) is 0 Å². The van der Waals surface area contributed by atoms with E-state index in [2.05, 4.69) is 6.07 Å². The quantitative estimate of drug-likeness (QED) is 0.666. The summed E-state index contributed by atoms with van der Waals surface area (Å²) in [6, 6.07) is 7.18. The maximum Gasteiger partial charge on any atom is 0.338 e. The van der Waals surface area contributed by atoms with Gasteiger partial charge in [0.05, 0.1) is 38.4 Å². The predicted octanol–water partition coefficient (Wildman–Crippen LogP) is 2.09. The van der Waals surface area contributed by atoms with Gasteiger partial charge in [0.25, 0.3) is 0 Å². The minimum Gasteiger partial charge on any atom is -0.493 e. The first-order chi connectivity index (χ1) is 14.5. The smallest absolute Gasteiger partial charge is 0.338 e. The first-order valence-corrected chi connectivity index (χ1v) is 9.49. The van der Waals surface area contributed by atoms with Crippen LogP contribution in [0.3, 0.4) is 0 Å². The van der Waals surface area contributed by atoms with E-state index in [4.69, 9.17) is 34.2 Å². The third-order valence-corrected chi connectivity index (χ3v) is 4.69. The number of nitrogens with zero attached hydrogens (tertiary/aromatic N) is 1. The summed E-state index contributed by atoms with van der Waals surface area (Å²) in [4.78, 5) is 12.6. The van der Waals surface area contributed by atoms with Gasteiger partial charge in [0.1, 0.15) is 24.0 Å². The maximum absolute atomic E-state index is 12.6. The monoisotopic (exact) mass is 416 g/mol. The molecule has 1 unspecified atom stereocenters. The van der Waals surface area contributed by atoms with E-state index in [9.17, 15) is 10.1 Å². The number of allylic oxidation sites excluding steroid dienone is 2. The van der Waals surface area contributed by atoms with E-state index in [0.717, 1.165) is 0 Å². The van der Waals surface area contributed by atoms with Crippen molar-refractivity contribution in [2.45, 2.75) is 26.1 Å². The summed E-state index contributed by atoms with van der Waals surface area (Å²) in [5.41, 5.74) is 6.86. The van der Waals surface area contributed by atoms with Crippen molar-refractivity contribution in [3.63, 3.8) is 0 Å². The molecule has 1 aromatic rings. The number of esters is 1. The summed E-state index contributed by atoms with van der Waals surface area (Å²) >= 11 is 0. The van der Waals surface area contributed by atoms with Crippen LogP contribution in [0.4, 0.5) is 0 Å². The summed E-state index contributed by atoms with van der Waals surface area (Å²) in [6.07, 6.45) is -0.469. The summed E-state index contributed by atoms with van der Waals surface area (Å²) in [5.74, 6) is -0.226. The number of nitriles is 1. The van der Waals surface area contributed by atoms with Crippen molar-refractivity contribution >= 4 is 5.97 Å². The van der Waals surface area contributed by atoms with Crippen molar-refractivity contribution < 1.29 is 33.2 Å². The molecule has 0 amide bonds. The molecule has 2 aliphatic heterocycles. The molecule has 0 aromatic heterocycles. The van der Waals surface area contributed by atoms with Gasteiger partial charge < -0.3 is 34.2 Å². The number of carbonyl (C=O) groups excluding carboxylic acids is 1. The van der Waals surface area contributed by atoms with Gasteiger partial charge in [-0.3, -0.25) is 0 Å². The predicted molar refractivity (Wildman–Crippen MR) is 104 cm³/mol. The fourth-order valence-electron chi connectivity index (χ4n) is 3.34. The Kier molecular flexibility index (Phi) is 6.82. The average Bonchev–Trinajstić information content (AvgIpc) is 3.25. The highest BCUT2D eigenvalue weighted by molar-refractivity contribution is 5.92. The van der Waals surface area contributed by atoms with Gasteiger partial charge in [-0.25, -0.2) is 4.79 Å². The van der Waals surface area contributed by atoms with Crippen molar-refractivity contribution in [3.05, 3.63) is 46.6 Å². The largest absolute Gasteiger partial charge is 0.493 e. The van der Waals surface area contributed by atoms with Crippen LogP contribution in [-0.2, 0) is 23.7 Å². The third kappa shape index (κ3) is 4.35. The first kappa shape index (κ1) is 21.5. The zero-order chi connectivity index (χ0) is 21.7. The number of nitrogens with two attached hydrogens (primary N) is 1. The van der Waals surface area contributed by atoms with Gasteiger partial charge in [0.2, 0.25) is 5.88 Å². The second-order valence-electron chi connectivity index (χ2n) is 6.51. The van der Waals surface area contributed by atoms with Crippen LogP contribution >= 0.6 is 0 Å². The van der Waals surface area contributed by atoms with Crippen LogP contribution in [0.5, 0.6) is 11.5 Å². The molecule has 2 heterocycles. The van der Waals surface area contributed by atoms with E-state index in [1.807, 2.05) is 0 Å². The molecule has 0 aliphatic carbocycles. The topological polar surface area (TPSA) is 122 Å². The molecule has 1 atom stereocenters. The van der Waals surface area contributed by atoms with Gasteiger partial charge in [-0.2, -0.15) is 5.26 Å². The molecular weight excluding hydrogens is 392 g/mol. The lowest BCUT2D eigenvalue weighted by molar-refractivity contribution is -0.139. The number of rotatable bonds is 7. The first-order valence-electron chi connectivity index (χ1n) is 9.49. The van der Waals surface area contributed by atoms with E-state index in [1.165, 1.54) is 7.11 Å². The number of ether oxygens (including phenoxy) is 6. The zero-order valence-electron chi connectivity index (χ0n) is 17.1. The Labute approximate surface area is 174 Å². The van der Waals surface area contributed by atoms with E-state index >= 15 is 0 Å². The minimum absolute atomic E-state index is 0.0564. The van der Waals surface area contributed by atoms with E-state index in [0.29, 0.717) is 30.3 Å². The minimum atomic E-state index is -0.768. The fourth-order valence-corrected chi connectivity index (χ4v) is 3.34. The Morgan fingerprint density at radius 2 is 2.03 bits per heavy atom. The Bertz CT molecular complexity index is 910. The summed E-state index contributed by atoms with van der Waals surface area (Å²) < 4.78 is 32.6. The Balaban J connectivity index is 2.00. The average molecular weight is 416 g/mol. The van der Waals surface area contributed by atoms with Crippen molar-refractivity contribution in [2.24, 2.45) is 5.73 Å². The third-order valence-electron chi connectivity index (χ3n) is 4.69. The van der Waals surface area contributed by atoms with Gasteiger partial charge in [-0.1, -0.05) is 6.07 Å². The van der Waals surface area contributed by atoms with E-state index in [1.54, 1.807) is 32.0 Å². The number of benzene rings is 1. The molecule has 9 nitrogen and oxygen atoms in total. The van der Waals surface area contributed by atoms with Gasteiger partial charge in [-0.05, 0) is 31.5 Å². The van der Waals surface area contributed by atoms with Crippen LogP contribution in [-0.4, -0.2) is 45.8 Å². The highest BCUT2D eigenvalue weighted by atomic mass is 16.7. The molecule has 1 aromatic carbocycles. The zero-order valence-corrected chi connectivity index (χ0v) is 17.1. The van der Waals surface area contributed by atoms with Gasteiger partial charge >= 0.3 is 5.97 Å². The van der Waals surface area contributed by atoms with Crippen LogP contribution in [0.15, 0.2) is 41.0 Å². The van der Waals surface area contributed by atoms with Crippen LogP contribution in [0.25, 0.3) is 0 Å². The molecule has 0 saturated carbocycles. The Morgan fingerprint density at radius 3 is 2.67 bits per heavy atom. The van der Waals surface area contributed by atoms with Gasteiger partial charge in [0.15, 0.2) is 17.8 Å². The van der Waals surface area contributed by atoms with Crippen molar-refractivity contribution in [3.8, 4) is 17.6 Å². The highest BCUT2D eigenvalue weighted by Gasteiger charge is 2.36. The van der Waals surface area contributed by atoms with Crippen LogP contribution in [0.2, 0.25) is 0 Å². The second-order valence-corrected chi connectivity index (χ2v) is 6.51. The van der Waals surface area contributed by atoms with Crippen molar-refractivity contribution in [1.29, 1.82) is 5.26 Å². The molecular formula is C21H24N2O7. The van der Waals surface area contributed by atoms with Crippen LogP contribution < -0.4 is 15.2 Å². The summed E-state index contributed by atoms with van der Waals surface area (Å²) in [5, 5.41) is 9.69. The molecule has 160 valence electrons. The molecule has 1 fully saturated rings. The lowest BCUT2D eigenvalue weighted by Gasteiger charge is -2.27. The number of hydrogen-bond acceptors (Lipinski definition) is 9. The summed E-state index contributed by atoms with van der Waals surface area (Å²) in [6.45, 7) is 4.67. The molecule has 0 spiro atoms. The van der Waals surface area contributed by atoms with Crippen molar-refractivity contribution in [1.82, 2.24) is 0 Å². The fraction of sp³-hybridized carbons (Fsp3) is 0.429. The molecule has 9 heteroatoms. The second kappa shape index (κ2) is 9.52. The Hall–Kier alpha value is -3.22. The highest BCUT2D eigenvalue weighted by Crippen LogP contribution is 2.42.